The molecule has 0 saturated heterocycles. The molecule has 0 unspecified atom stereocenters. The molecule has 0 aromatic carbocycles. The second-order valence-corrected chi connectivity index (χ2v) is 2.88. The summed E-state index contributed by atoms with van der Waals surface area (Å²) >= 11 is 0. The molecule has 0 fully saturated rings. The summed E-state index contributed by atoms with van der Waals surface area (Å²) < 4.78 is 4.61. The van der Waals surface area contributed by atoms with Crippen LogP contribution in [0.25, 0.3) is 0 Å². The van der Waals surface area contributed by atoms with E-state index >= 15 is 0 Å². The second-order valence-electron chi connectivity index (χ2n) is 2.88. The first-order valence-electron chi connectivity index (χ1n) is 4.12. The number of aliphatic hydroxyl groups is 1. The van der Waals surface area contributed by atoms with Crippen LogP contribution in [0.2, 0.25) is 0 Å². The van der Waals surface area contributed by atoms with Crippen molar-refractivity contribution in [2.24, 2.45) is 0 Å². The third-order valence-corrected chi connectivity index (χ3v) is 1.74. The zero-order valence-electron chi connectivity index (χ0n) is 7.93. The molecule has 82 valence electrons. The number of carboxylic acids is 1. The zero-order chi connectivity index (χ0) is 11.4. The molecule has 15 heavy (non-hydrogen) atoms. The standard InChI is InChI=1S/C8H10N2O5/c1-4-2-9-15-6(4)7(12)10-5(3-11)8(13)14/h2,5,11H,3H2,1H3,(H,10,12)(H,13,14)/t5-/m0/s1. The number of nitrogens with one attached hydrogen (secondary N) is 1. The van der Waals surface area contributed by atoms with E-state index in [-0.39, 0.29) is 5.76 Å². The molecule has 7 nitrogen and oxygen atoms in total. The Labute approximate surface area is 84.7 Å². The van der Waals surface area contributed by atoms with E-state index in [1.807, 2.05) is 0 Å². The van der Waals surface area contributed by atoms with Gasteiger partial charge < -0.3 is 20.1 Å². The van der Waals surface area contributed by atoms with E-state index in [0.29, 0.717) is 5.56 Å². The molecule has 0 aliphatic carbocycles. The molecule has 3 N–H and O–H groups in total. The number of hydrogen-bond acceptors (Lipinski definition) is 5. The van der Waals surface area contributed by atoms with E-state index in [0.717, 1.165) is 0 Å². The van der Waals surface area contributed by atoms with Gasteiger partial charge >= 0.3 is 5.97 Å². The average Bonchev–Trinajstić information content (AvgIpc) is 2.60. The van der Waals surface area contributed by atoms with E-state index in [2.05, 4.69) is 15.0 Å². The minimum absolute atomic E-state index is 0.0605. The first-order valence-corrected chi connectivity index (χ1v) is 4.12. The number of carbonyl (C=O) groups is 2. The van der Waals surface area contributed by atoms with Crippen LogP contribution in [0, 0.1) is 6.92 Å². The fraction of sp³-hybridized carbons (Fsp3) is 0.375. The van der Waals surface area contributed by atoms with Gasteiger partial charge in [-0.15, -0.1) is 0 Å². The van der Waals surface area contributed by atoms with Gasteiger partial charge in [0.05, 0.1) is 12.8 Å². The van der Waals surface area contributed by atoms with E-state index in [4.69, 9.17) is 10.2 Å². The highest BCUT2D eigenvalue weighted by Gasteiger charge is 2.22. The zero-order valence-corrected chi connectivity index (χ0v) is 7.93. The van der Waals surface area contributed by atoms with Crippen LogP contribution >= 0.6 is 0 Å². The van der Waals surface area contributed by atoms with Crippen molar-refractivity contribution in [1.29, 1.82) is 0 Å². The Bertz CT molecular complexity index is 373. The molecule has 0 saturated carbocycles. The summed E-state index contributed by atoms with van der Waals surface area (Å²) in [5.74, 6) is -2.09. The lowest BCUT2D eigenvalue weighted by Gasteiger charge is -2.09. The Morgan fingerprint density at radius 2 is 2.33 bits per heavy atom. The van der Waals surface area contributed by atoms with Gasteiger partial charge in [0.1, 0.15) is 0 Å². The number of aromatic nitrogens is 1. The highest BCUT2D eigenvalue weighted by Crippen LogP contribution is 2.05. The Hall–Kier alpha value is -1.89. The van der Waals surface area contributed by atoms with Crippen molar-refractivity contribution < 1.29 is 24.3 Å². The van der Waals surface area contributed by atoms with Gasteiger partial charge in [0.15, 0.2) is 6.04 Å². The minimum atomic E-state index is -1.35. The van der Waals surface area contributed by atoms with E-state index < -0.39 is 24.5 Å². The van der Waals surface area contributed by atoms with Crippen LogP contribution in [0.5, 0.6) is 0 Å². The molecule has 1 aromatic heterocycles. The maximum atomic E-state index is 11.4. The third kappa shape index (κ3) is 2.53. The second kappa shape index (κ2) is 4.56. The topological polar surface area (TPSA) is 113 Å². The predicted octanol–water partition coefficient (Wildman–Crippen LogP) is -0.842. The largest absolute Gasteiger partial charge is 0.480 e. The van der Waals surface area contributed by atoms with Crippen LogP contribution in [0.3, 0.4) is 0 Å². The third-order valence-electron chi connectivity index (χ3n) is 1.74. The summed E-state index contributed by atoms with van der Waals surface area (Å²) in [5, 5.41) is 22.7. The Kier molecular flexibility index (Phi) is 3.40. The molecular formula is C8H10N2O5. The molecule has 0 aliphatic heterocycles. The molecular weight excluding hydrogens is 204 g/mol. The summed E-state index contributed by atoms with van der Waals surface area (Å²) in [6, 6.07) is -1.35. The SMILES string of the molecule is Cc1cnoc1C(=O)N[C@@H](CO)C(=O)O. The van der Waals surface area contributed by atoms with Gasteiger partial charge in [-0.3, -0.25) is 4.79 Å². The maximum Gasteiger partial charge on any atom is 0.328 e. The first-order chi connectivity index (χ1) is 7.06. The van der Waals surface area contributed by atoms with E-state index in [9.17, 15) is 9.59 Å². The van der Waals surface area contributed by atoms with Crippen molar-refractivity contribution >= 4 is 11.9 Å². The fourth-order valence-corrected chi connectivity index (χ4v) is 0.919. The average molecular weight is 214 g/mol. The first kappa shape index (κ1) is 11.2. The lowest BCUT2D eigenvalue weighted by atomic mass is 10.2. The van der Waals surface area contributed by atoms with Crippen LogP contribution in [0.4, 0.5) is 0 Å². The molecule has 1 atom stereocenters. The monoisotopic (exact) mass is 214 g/mol. The number of aryl methyl sites for hydroxylation is 1. The lowest BCUT2D eigenvalue weighted by Crippen LogP contribution is -2.43. The molecule has 1 aromatic rings. The number of carboxylic acid groups (broad SMARTS) is 1. The number of aliphatic hydroxyl groups excluding tert-OH is 1. The number of aliphatic carboxylic acids is 1. The van der Waals surface area contributed by atoms with Gasteiger partial charge in [0.25, 0.3) is 5.91 Å². The quantitative estimate of drug-likeness (QED) is 0.602. The Morgan fingerprint density at radius 3 is 2.73 bits per heavy atom. The van der Waals surface area contributed by atoms with Crippen molar-refractivity contribution in [3.63, 3.8) is 0 Å². The van der Waals surface area contributed by atoms with Crippen molar-refractivity contribution in [2.45, 2.75) is 13.0 Å². The van der Waals surface area contributed by atoms with Gasteiger partial charge in [-0.2, -0.15) is 0 Å². The number of nitrogens with zero attached hydrogens (tertiary/aromatic N) is 1. The van der Waals surface area contributed by atoms with Gasteiger partial charge in [-0.05, 0) is 6.92 Å². The van der Waals surface area contributed by atoms with Crippen molar-refractivity contribution in [3.05, 3.63) is 17.5 Å². The van der Waals surface area contributed by atoms with Crippen LogP contribution in [0.15, 0.2) is 10.7 Å². The molecule has 7 heteroatoms. The van der Waals surface area contributed by atoms with Gasteiger partial charge in [0, 0.05) is 5.56 Å². The van der Waals surface area contributed by atoms with Crippen LogP contribution in [-0.2, 0) is 4.79 Å². The van der Waals surface area contributed by atoms with Crippen molar-refractivity contribution in [2.75, 3.05) is 6.61 Å². The fourth-order valence-electron chi connectivity index (χ4n) is 0.919. The number of rotatable bonds is 4. The summed E-state index contributed by atoms with van der Waals surface area (Å²) in [7, 11) is 0. The molecule has 1 rings (SSSR count). The minimum Gasteiger partial charge on any atom is -0.480 e. The van der Waals surface area contributed by atoms with Crippen molar-refractivity contribution in [3.8, 4) is 0 Å². The van der Waals surface area contributed by atoms with E-state index in [1.54, 1.807) is 6.92 Å². The lowest BCUT2D eigenvalue weighted by molar-refractivity contribution is -0.140. The highest BCUT2D eigenvalue weighted by molar-refractivity contribution is 5.95. The number of hydrogen-bond donors (Lipinski definition) is 3. The van der Waals surface area contributed by atoms with Gasteiger partial charge in [0.2, 0.25) is 5.76 Å². The molecule has 0 aliphatic rings. The van der Waals surface area contributed by atoms with Crippen LogP contribution in [0.1, 0.15) is 16.1 Å². The highest BCUT2D eigenvalue weighted by atomic mass is 16.5. The normalized spacial score (nSPS) is 12.1. The maximum absolute atomic E-state index is 11.4. The van der Waals surface area contributed by atoms with E-state index in [1.165, 1.54) is 6.20 Å². The predicted molar refractivity (Wildman–Crippen MR) is 47.2 cm³/mol. The van der Waals surface area contributed by atoms with Gasteiger partial charge in [-0.25, -0.2) is 4.79 Å². The summed E-state index contributed by atoms with van der Waals surface area (Å²) in [6.07, 6.45) is 1.34. The number of carbonyl (C=O) groups excluding carboxylic acids is 1. The molecule has 0 bridgehead atoms. The number of amides is 1. The molecule has 1 heterocycles. The smallest absolute Gasteiger partial charge is 0.328 e. The Morgan fingerprint density at radius 1 is 1.67 bits per heavy atom. The molecule has 0 spiro atoms. The summed E-state index contributed by atoms with van der Waals surface area (Å²) in [4.78, 5) is 21.9. The summed E-state index contributed by atoms with van der Waals surface area (Å²) in [6.45, 7) is 0.911. The van der Waals surface area contributed by atoms with Crippen LogP contribution in [-0.4, -0.2) is 39.9 Å². The molecule has 0 radical (unpaired) electrons. The van der Waals surface area contributed by atoms with Crippen LogP contribution < -0.4 is 5.32 Å². The Balaban J connectivity index is 2.71. The molecule has 1 amide bonds. The van der Waals surface area contributed by atoms with Crippen molar-refractivity contribution in [1.82, 2.24) is 10.5 Å². The summed E-state index contributed by atoms with van der Waals surface area (Å²) in [5.41, 5.74) is 0.495. The van der Waals surface area contributed by atoms with Gasteiger partial charge in [-0.1, -0.05) is 5.16 Å².